The summed E-state index contributed by atoms with van der Waals surface area (Å²) in [6.07, 6.45) is 2.28. The van der Waals surface area contributed by atoms with Gasteiger partial charge in [0.2, 0.25) is 0 Å². The number of hydrogen-bond donors (Lipinski definition) is 0. The minimum absolute atomic E-state index is 0.0881. The van der Waals surface area contributed by atoms with Crippen LogP contribution in [0.25, 0.3) is 0 Å². The SMILES string of the molecule is C=C1C(=O)C[C@H]2C(=C)C(=O)O[C@H]2/C=C(\COC(=O)CC(C)C)CC[C@@H]1OC. The van der Waals surface area contributed by atoms with E-state index >= 15 is 0 Å². The zero-order valence-electron chi connectivity index (χ0n) is 16.3. The molecule has 2 aliphatic rings. The molecule has 0 spiro atoms. The van der Waals surface area contributed by atoms with E-state index in [9.17, 15) is 14.4 Å². The molecule has 6 heteroatoms. The summed E-state index contributed by atoms with van der Waals surface area (Å²) in [5, 5.41) is 0. The minimum Gasteiger partial charge on any atom is -0.461 e. The average molecular weight is 376 g/mol. The summed E-state index contributed by atoms with van der Waals surface area (Å²) in [6.45, 7) is 11.7. The number of carbonyl (C=O) groups is 3. The highest BCUT2D eigenvalue weighted by atomic mass is 16.6. The molecule has 27 heavy (non-hydrogen) atoms. The molecule has 3 atom stereocenters. The van der Waals surface area contributed by atoms with Gasteiger partial charge in [0, 0.05) is 37.0 Å². The van der Waals surface area contributed by atoms with Gasteiger partial charge in [-0.2, -0.15) is 0 Å². The third-order valence-corrected chi connectivity index (χ3v) is 4.91. The van der Waals surface area contributed by atoms with Gasteiger partial charge in [0.1, 0.15) is 12.7 Å². The molecule has 6 nitrogen and oxygen atoms in total. The first-order valence-electron chi connectivity index (χ1n) is 9.22. The second-order valence-corrected chi connectivity index (χ2v) is 7.50. The van der Waals surface area contributed by atoms with E-state index in [-0.39, 0.29) is 36.3 Å². The van der Waals surface area contributed by atoms with Gasteiger partial charge in [0.25, 0.3) is 0 Å². The second-order valence-electron chi connectivity index (χ2n) is 7.50. The lowest BCUT2D eigenvalue weighted by Crippen LogP contribution is -2.26. The van der Waals surface area contributed by atoms with Crippen molar-refractivity contribution in [2.24, 2.45) is 11.8 Å². The van der Waals surface area contributed by atoms with Gasteiger partial charge in [-0.05, 0) is 30.4 Å². The van der Waals surface area contributed by atoms with Crippen molar-refractivity contribution in [3.05, 3.63) is 36.0 Å². The van der Waals surface area contributed by atoms with Crippen LogP contribution in [0, 0.1) is 11.8 Å². The van der Waals surface area contributed by atoms with Crippen molar-refractivity contribution in [1.29, 1.82) is 0 Å². The molecule has 0 N–H and O–H groups in total. The van der Waals surface area contributed by atoms with E-state index in [1.807, 2.05) is 13.8 Å². The molecule has 1 heterocycles. The molecule has 1 aliphatic heterocycles. The van der Waals surface area contributed by atoms with Gasteiger partial charge < -0.3 is 14.2 Å². The summed E-state index contributed by atoms with van der Waals surface area (Å²) in [6, 6.07) is 0. The first-order chi connectivity index (χ1) is 12.7. The standard InChI is InChI=1S/C21H28O6/c1-12(2)8-20(23)26-11-15-6-7-18(25-5)14(4)17(22)10-16-13(3)21(24)27-19(16)9-15/h9,12,16,18-19H,3-4,6-8,10-11H2,1-2,5H3/b15-9-/t16-,18-,19-/m0/s1. The number of ether oxygens (including phenoxy) is 3. The zero-order valence-corrected chi connectivity index (χ0v) is 16.3. The third kappa shape index (κ3) is 5.39. The van der Waals surface area contributed by atoms with Crippen LogP contribution in [0.4, 0.5) is 0 Å². The van der Waals surface area contributed by atoms with Crippen molar-refractivity contribution >= 4 is 17.7 Å². The summed E-state index contributed by atoms with van der Waals surface area (Å²) in [4.78, 5) is 36.4. The molecule has 1 saturated heterocycles. The quantitative estimate of drug-likeness (QED) is 0.417. The van der Waals surface area contributed by atoms with Crippen LogP contribution in [0.5, 0.6) is 0 Å². The molecule has 148 valence electrons. The van der Waals surface area contributed by atoms with Gasteiger partial charge in [0.15, 0.2) is 5.78 Å². The Morgan fingerprint density at radius 1 is 1.30 bits per heavy atom. The molecule has 2 rings (SSSR count). The fraction of sp³-hybridized carbons (Fsp3) is 0.571. The first kappa shape index (κ1) is 21.1. The minimum atomic E-state index is -0.584. The average Bonchev–Trinajstić information content (AvgIpc) is 2.86. The summed E-state index contributed by atoms with van der Waals surface area (Å²) in [5.41, 5.74) is 1.48. The number of ketones is 1. The van der Waals surface area contributed by atoms with E-state index < -0.39 is 24.1 Å². The molecule has 1 aliphatic carbocycles. The summed E-state index contributed by atoms with van der Waals surface area (Å²) < 4.78 is 16.2. The van der Waals surface area contributed by atoms with Crippen molar-refractivity contribution in [1.82, 2.24) is 0 Å². The lowest BCUT2D eigenvalue weighted by molar-refractivity contribution is -0.143. The lowest BCUT2D eigenvalue weighted by atomic mass is 9.85. The van der Waals surface area contributed by atoms with Crippen molar-refractivity contribution in [2.75, 3.05) is 13.7 Å². The molecule has 0 aromatic heterocycles. The second kappa shape index (κ2) is 9.13. The molecule has 0 unspecified atom stereocenters. The smallest absolute Gasteiger partial charge is 0.334 e. The Morgan fingerprint density at radius 3 is 2.63 bits per heavy atom. The zero-order chi connectivity index (χ0) is 20.1. The number of fused-ring (bicyclic) bond motifs is 1. The van der Waals surface area contributed by atoms with Crippen LogP contribution >= 0.6 is 0 Å². The molecular weight excluding hydrogens is 348 g/mol. The van der Waals surface area contributed by atoms with E-state index in [1.165, 1.54) is 7.11 Å². The molecule has 0 amide bonds. The Hall–Kier alpha value is -2.21. The predicted molar refractivity (Wildman–Crippen MR) is 99.8 cm³/mol. The lowest BCUT2D eigenvalue weighted by Gasteiger charge is -2.23. The van der Waals surface area contributed by atoms with Crippen LogP contribution in [0.1, 0.15) is 39.5 Å². The molecule has 0 aromatic carbocycles. The van der Waals surface area contributed by atoms with E-state index in [0.29, 0.717) is 24.8 Å². The van der Waals surface area contributed by atoms with Crippen molar-refractivity contribution < 1.29 is 28.6 Å². The van der Waals surface area contributed by atoms with Crippen molar-refractivity contribution in [3.63, 3.8) is 0 Å². The maximum atomic E-state index is 12.5. The van der Waals surface area contributed by atoms with E-state index in [0.717, 1.165) is 5.57 Å². The molecular formula is C21H28O6. The maximum Gasteiger partial charge on any atom is 0.334 e. The van der Waals surface area contributed by atoms with Gasteiger partial charge in [0.05, 0.1) is 6.10 Å². The van der Waals surface area contributed by atoms with E-state index in [1.54, 1.807) is 6.08 Å². The van der Waals surface area contributed by atoms with Gasteiger partial charge in [-0.3, -0.25) is 9.59 Å². The molecule has 0 aromatic rings. The number of hydrogen-bond acceptors (Lipinski definition) is 6. The molecule has 1 fully saturated rings. The van der Waals surface area contributed by atoms with Crippen LogP contribution in [-0.2, 0) is 28.6 Å². The van der Waals surface area contributed by atoms with Crippen molar-refractivity contribution in [3.8, 4) is 0 Å². The van der Waals surface area contributed by atoms with Gasteiger partial charge >= 0.3 is 11.9 Å². The predicted octanol–water partition coefficient (Wildman–Crippen LogP) is 2.92. The first-order valence-corrected chi connectivity index (χ1v) is 9.22. The van der Waals surface area contributed by atoms with Crippen LogP contribution in [0.15, 0.2) is 36.0 Å². The van der Waals surface area contributed by atoms with Crippen LogP contribution in [0.3, 0.4) is 0 Å². The number of Topliss-reactive ketones (excluding diaryl/α,β-unsaturated/α-hetero) is 1. The van der Waals surface area contributed by atoms with E-state index in [4.69, 9.17) is 14.2 Å². The van der Waals surface area contributed by atoms with Crippen LogP contribution in [-0.4, -0.2) is 43.6 Å². The highest BCUT2D eigenvalue weighted by molar-refractivity contribution is 5.98. The number of methoxy groups -OCH3 is 1. The highest BCUT2D eigenvalue weighted by Gasteiger charge is 2.40. The molecule has 0 radical (unpaired) electrons. The topological polar surface area (TPSA) is 78.9 Å². The maximum absolute atomic E-state index is 12.5. The Morgan fingerprint density at radius 2 is 2.00 bits per heavy atom. The Bertz CT molecular complexity index is 672. The van der Waals surface area contributed by atoms with Crippen LogP contribution < -0.4 is 0 Å². The molecule has 0 saturated carbocycles. The fourth-order valence-corrected chi connectivity index (χ4v) is 3.28. The molecule has 0 bridgehead atoms. The third-order valence-electron chi connectivity index (χ3n) is 4.91. The largest absolute Gasteiger partial charge is 0.461 e. The van der Waals surface area contributed by atoms with E-state index in [2.05, 4.69) is 13.2 Å². The summed E-state index contributed by atoms with van der Waals surface area (Å²) >= 11 is 0. The fourth-order valence-electron chi connectivity index (χ4n) is 3.28. The van der Waals surface area contributed by atoms with Crippen LogP contribution in [0.2, 0.25) is 0 Å². The van der Waals surface area contributed by atoms with Gasteiger partial charge in [-0.1, -0.05) is 27.0 Å². The normalized spacial score (nSPS) is 28.4. The number of carbonyl (C=O) groups excluding carboxylic acids is 3. The monoisotopic (exact) mass is 376 g/mol. The summed E-state index contributed by atoms with van der Waals surface area (Å²) in [7, 11) is 1.53. The summed E-state index contributed by atoms with van der Waals surface area (Å²) in [5.74, 6) is -1.16. The number of esters is 2. The number of rotatable bonds is 5. The Kier molecular flexibility index (Phi) is 7.13. The van der Waals surface area contributed by atoms with Gasteiger partial charge in [-0.25, -0.2) is 4.79 Å². The Labute approximate surface area is 160 Å². The van der Waals surface area contributed by atoms with Crippen molar-refractivity contribution in [2.45, 2.75) is 51.7 Å². The van der Waals surface area contributed by atoms with Gasteiger partial charge in [-0.15, -0.1) is 0 Å². The highest BCUT2D eigenvalue weighted by Crippen LogP contribution is 2.34. The Balaban J connectivity index is 2.23.